The molecule has 1 aromatic rings. The van der Waals surface area contributed by atoms with E-state index in [-0.39, 0.29) is 16.7 Å². The molecule has 2 fully saturated rings. The van der Waals surface area contributed by atoms with Crippen LogP contribution in [0.2, 0.25) is 5.02 Å². The molecule has 0 bridgehead atoms. The van der Waals surface area contributed by atoms with Gasteiger partial charge in [0, 0.05) is 37.1 Å². The quantitative estimate of drug-likeness (QED) is 0.720. The summed E-state index contributed by atoms with van der Waals surface area (Å²) in [6.45, 7) is 6.70. The molecule has 0 spiro atoms. The second-order valence-corrected chi connectivity index (χ2v) is 10.1. The Morgan fingerprint density at radius 1 is 1.14 bits per heavy atom. The second kappa shape index (κ2) is 9.01. The van der Waals surface area contributed by atoms with Crippen molar-refractivity contribution in [3.05, 3.63) is 23.2 Å². The summed E-state index contributed by atoms with van der Waals surface area (Å²) >= 11 is 6.03. The van der Waals surface area contributed by atoms with E-state index < -0.39 is 10.0 Å². The van der Waals surface area contributed by atoms with Gasteiger partial charge in [-0.2, -0.15) is 4.31 Å². The van der Waals surface area contributed by atoms with Crippen LogP contribution in [-0.4, -0.2) is 56.3 Å². The van der Waals surface area contributed by atoms with Gasteiger partial charge in [-0.1, -0.05) is 18.5 Å². The predicted octanol–water partition coefficient (Wildman–Crippen LogP) is 3.40. The number of hydrogen-bond acceptors (Lipinski definition) is 4. The van der Waals surface area contributed by atoms with Crippen LogP contribution in [0.5, 0.6) is 5.75 Å². The Morgan fingerprint density at radius 3 is 2.39 bits per heavy atom. The minimum Gasteiger partial charge on any atom is -0.492 e. The van der Waals surface area contributed by atoms with Crippen LogP contribution in [0.25, 0.3) is 0 Å². The van der Waals surface area contributed by atoms with E-state index >= 15 is 0 Å². The molecule has 0 N–H and O–H groups in total. The normalized spacial score (nSPS) is 20.3. The van der Waals surface area contributed by atoms with Crippen molar-refractivity contribution in [2.24, 2.45) is 11.8 Å². The lowest BCUT2D eigenvalue weighted by Crippen LogP contribution is -2.46. The van der Waals surface area contributed by atoms with Crippen LogP contribution in [0, 0.1) is 11.8 Å². The molecule has 2 saturated heterocycles. The average molecular weight is 429 g/mol. The third-order valence-electron chi connectivity index (χ3n) is 5.72. The van der Waals surface area contributed by atoms with Crippen LogP contribution in [0.1, 0.15) is 39.5 Å². The van der Waals surface area contributed by atoms with Crippen molar-refractivity contribution in [1.29, 1.82) is 0 Å². The fourth-order valence-corrected chi connectivity index (χ4v) is 5.79. The minimum absolute atomic E-state index is 0.0921. The van der Waals surface area contributed by atoms with Gasteiger partial charge in [0.2, 0.25) is 15.9 Å². The van der Waals surface area contributed by atoms with Gasteiger partial charge in [-0.3, -0.25) is 4.79 Å². The lowest BCUT2D eigenvalue weighted by Gasteiger charge is -2.36. The van der Waals surface area contributed by atoms with Crippen LogP contribution in [0.3, 0.4) is 0 Å². The van der Waals surface area contributed by atoms with Crippen molar-refractivity contribution >= 4 is 27.5 Å². The van der Waals surface area contributed by atoms with Gasteiger partial charge in [0.05, 0.1) is 6.61 Å². The third-order valence-corrected chi connectivity index (χ3v) is 7.88. The van der Waals surface area contributed by atoms with Gasteiger partial charge in [-0.05, 0) is 56.7 Å². The van der Waals surface area contributed by atoms with Crippen molar-refractivity contribution < 1.29 is 17.9 Å². The molecule has 1 amide bonds. The number of benzene rings is 1. The highest BCUT2D eigenvalue weighted by Gasteiger charge is 2.35. The Hall–Kier alpha value is -1.31. The van der Waals surface area contributed by atoms with Gasteiger partial charge in [0.25, 0.3) is 0 Å². The minimum atomic E-state index is -3.72. The summed E-state index contributed by atoms with van der Waals surface area (Å²) in [6, 6.07) is 4.65. The fraction of sp³-hybridized carbons (Fsp3) is 0.650. The first-order valence-corrected chi connectivity index (χ1v) is 11.9. The van der Waals surface area contributed by atoms with E-state index in [4.69, 9.17) is 16.3 Å². The molecule has 0 atom stereocenters. The molecule has 2 heterocycles. The summed E-state index contributed by atoms with van der Waals surface area (Å²) in [6.07, 6.45) is 3.20. The maximum absolute atomic E-state index is 13.1. The summed E-state index contributed by atoms with van der Waals surface area (Å²) < 4.78 is 33.2. The fourth-order valence-electron chi connectivity index (χ4n) is 3.93. The maximum Gasteiger partial charge on any atom is 0.246 e. The second-order valence-electron chi connectivity index (χ2n) is 7.71. The van der Waals surface area contributed by atoms with Crippen molar-refractivity contribution in [3.63, 3.8) is 0 Å². The molecule has 2 aliphatic rings. The highest BCUT2D eigenvalue weighted by molar-refractivity contribution is 7.89. The third kappa shape index (κ3) is 4.63. The largest absolute Gasteiger partial charge is 0.492 e. The van der Waals surface area contributed by atoms with Gasteiger partial charge in [-0.25, -0.2) is 8.42 Å². The summed E-state index contributed by atoms with van der Waals surface area (Å²) in [5.41, 5.74) is 0. The number of piperidine rings is 2. The van der Waals surface area contributed by atoms with Crippen LogP contribution in [-0.2, 0) is 14.8 Å². The number of rotatable bonds is 5. The lowest BCUT2D eigenvalue weighted by molar-refractivity contribution is -0.138. The molecular formula is C20H29ClN2O4S. The summed E-state index contributed by atoms with van der Waals surface area (Å²) in [5.74, 6) is 1.08. The molecule has 28 heavy (non-hydrogen) atoms. The first-order valence-electron chi connectivity index (χ1n) is 10.0. The number of carbonyl (C=O) groups is 1. The zero-order valence-corrected chi connectivity index (χ0v) is 18.1. The summed E-state index contributed by atoms with van der Waals surface area (Å²) in [4.78, 5) is 14.8. The van der Waals surface area contributed by atoms with Crippen molar-refractivity contribution in [3.8, 4) is 5.75 Å². The van der Waals surface area contributed by atoms with E-state index in [2.05, 4.69) is 6.92 Å². The molecule has 1 aromatic carbocycles. The number of halogens is 1. The molecular weight excluding hydrogens is 400 g/mol. The highest BCUT2D eigenvalue weighted by atomic mass is 35.5. The molecule has 0 aromatic heterocycles. The standard InChI is InChI=1S/C20H29ClN2O4S/c1-3-27-18-5-4-17(21)14-19(18)28(25,26)23-12-8-16(9-13-23)20(24)22-10-6-15(2)7-11-22/h4-5,14-16H,3,6-13H2,1-2H3. The number of amides is 1. The van der Waals surface area contributed by atoms with Crippen molar-refractivity contribution in [2.75, 3.05) is 32.8 Å². The smallest absolute Gasteiger partial charge is 0.246 e. The number of carbonyl (C=O) groups excluding carboxylic acids is 1. The topological polar surface area (TPSA) is 66.9 Å². The number of nitrogens with zero attached hydrogens (tertiary/aromatic N) is 2. The lowest BCUT2D eigenvalue weighted by atomic mass is 9.93. The van der Waals surface area contributed by atoms with Gasteiger partial charge < -0.3 is 9.64 Å². The molecule has 2 aliphatic heterocycles. The van der Waals surface area contributed by atoms with E-state index in [0.29, 0.717) is 49.2 Å². The molecule has 0 saturated carbocycles. The Morgan fingerprint density at radius 2 is 1.79 bits per heavy atom. The molecule has 3 rings (SSSR count). The monoisotopic (exact) mass is 428 g/mol. The molecule has 156 valence electrons. The van der Waals surface area contributed by atoms with Crippen molar-refractivity contribution in [2.45, 2.75) is 44.4 Å². The summed E-state index contributed by atoms with van der Waals surface area (Å²) in [5, 5.41) is 0.353. The van der Waals surface area contributed by atoms with E-state index in [1.54, 1.807) is 12.1 Å². The molecule has 8 heteroatoms. The maximum atomic E-state index is 13.1. The first-order chi connectivity index (χ1) is 13.3. The van der Waals surface area contributed by atoms with E-state index in [1.165, 1.54) is 10.4 Å². The predicted molar refractivity (Wildman–Crippen MR) is 109 cm³/mol. The van der Waals surface area contributed by atoms with Crippen LogP contribution in [0.4, 0.5) is 0 Å². The number of sulfonamides is 1. The van der Waals surface area contributed by atoms with Crippen LogP contribution >= 0.6 is 11.6 Å². The average Bonchev–Trinajstić information content (AvgIpc) is 2.69. The van der Waals surface area contributed by atoms with Crippen molar-refractivity contribution in [1.82, 2.24) is 9.21 Å². The highest BCUT2D eigenvalue weighted by Crippen LogP contribution is 2.32. The number of ether oxygens (including phenoxy) is 1. The molecule has 0 radical (unpaired) electrons. The van der Waals surface area contributed by atoms with Crippen LogP contribution < -0.4 is 4.74 Å². The van der Waals surface area contributed by atoms with E-state index in [0.717, 1.165) is 25.9 Å². The van der Waals surface area contributed by atoms with Crippen LogP contribution in [0.15, 0.2) is 23.1 Å². The van der Waals surface area contributed by atoms with Gasteiger partial charge in [0.15, 0.2) is 0 Å². The zero-order chi connectivity index (χ0) is 20.3. The van der Waals surface area contributed by atoms with Gasteiger partial charge >= 0.3 is 0 Å². The van der Waals surface area contributed by atoms with E-state index in [9.17, 15) is 13.2 Å². The Bertz CT molecular complexity index is 798. The first kappa shape index (κ1) is 21.4. The zero-order valence-electron chi connectivity index (χ0n) is 16.6. The SMILES string of the molecule is CCOc1ccc(Cl)cc1S(=O)(=O)N1CCC(C(=O)N2CCC(C)CC2)CC1. The Labute approximate surface area is 172 Å². The molecule has 0 unspecified atom stereocenters. The van der Waals surface area contributed by atoms with Gasteiger partial charge in [0.1, 0.15) is 10.6 Å². The Balaban J connectivity index is 1.67. The molecule has 0 aliphatic carbocycles. The summed E-state index contributed by atoms with van der Waals surface area (Å²) in [7, 11) is -3.72. The number of hydrogen-bond donors (Lipinski definition) is 0. The van der Waals surface area contributed by atoms with E-state index in [1.807, 2.05) is 11.8 Å². The number of likely N-dealkylation sites (tertiary alicyclic amines) is 1. The van der Waals surface area contributed by atoms with Gasteiger partial charge in [-0.15, -0.1) is 0 Å². The molecule has 6 nitrogen and oxygen atoms in total. The Kier molecular flexibility index (Phi) is 6.89.